The Morgan fingerprint density at radius 3 is 2.29 bits per heavy atom. The van der Waals surface area contributed by atoms with Crippen LogP contribution in [-0.2, 0) is 6.42 Å². The normalized spacial score (nSPS) is 12.4. The fraction of sp³-hybridized carbons (Fsp3) is 0.368. The molecule has 0 aliphatic carbocycles. The van der Waals surface area contributed by atoms with Gasteiger partial charge in [-0.3, -0.25) is 0 Å². The Morgan fingerprint density at radius 1 is 1.00 bits per heavy atom. The highest BCUT2D eigenvalue weighted by atomic mass is 35.5. The van der Waals surface area contributed by atoms with Crippen LogP contribution in [0.5, 0.6) is 0 Å². The Kier molecular flexibility index (Phi) is 5.84. The number of nitrogens with one attached hydrogen (secondary N) is 1. The molecule has 0 aliphatic rings. The summed E-state index contributed by atoms with van der Waals surface area (Å²) in [5.74, 6) is 0. The van der Waals surface area contributed by atoms with E-state index in [1.165, 1.54) is 22.3 Å². The van der Waals surface area contributed by atoms with Gasteiger partial charge >= 0.3 is 0 Å². The Bertz CT molecular complexity index is 572. The Hall–Kier alpha value is -1.31. The second-order valence-electron chi connectivity index (χ2n) is 5.61. The van der Waals surface area contributed by atoms with E-state index >= 15 is 0 Å². The first-order chi connectivity index (χ1) is 10.1. The molecule has 21 heavy (non-hydrogen) atoms. The average molecular weight is 302 g/mol. The van der Waals surface area contributed by atoms with Crippen LogP contribution in [-0.4, -0.2) is 6.54 Å². The number of rotatable bonds is 6. The van der Waals surface area contributed by atoms with E-state index in [1.807, 2.05) is 12.1 Å². The van der Waals surface area contributed by atoms with Crippen LogP contribution in [0.15, 0.2) is 42.5 Å². The van der Waals surface area contributed by atoms with E-state index in [9.17, 15) is 0 Å². The van der Waals surface area contributed by atoms with Crippen molar-refractivity contribution in [2.75, 3.05) is 6.54 Å². The molecule has 0 spiro atoms. The molecule has 1 unspecified atom stereocenters. The lowest BCUT2D eigenvalue weighted by molar-refractivity contribution is 0.525. The summed E-state index contributed by atoms with van der Waals surface area (Å²) >= 11 is 6.34. The molecular weight excluding hydrogens is 278 g/mol. The molecule has 0 fully saturated rings. The molecule has 2 aromatic carbocycles. The molecular formula is C19H24ClN. The van der Waals surface area contributed by atoms with Gasteiger partial charge in [-0.25, -0.2) is 0 Å². The molecule has 0 aromatic heterocycles. The quantitative estimate of drug-likeness (QED) is 0.769. The zero-order valence-electron chi connectivity index (χ0n) is 13.1. The van der Waals surface area contributed by atoms with Crippen LogP contribution in [0.25, 0.3) is 0 Å². The van der Waals surface area contributed by atoms with Crippen molar-refractivity contribution < 1.29 is 0 Å². The monoisotopic (exact) mass is 301 g/mol. The van der Waals surface area contributed by atoms with Crippen molar-refractivity contribution >= 4 is 11.6 Å². The molecule has 0 bridgehead atoms. The van der Waals surface area contributed by atoms with Crippen LogP contribution in [0.4, 0.5) is 0 Å². The zero-order chi connectivity index (χ0) is 15.2. The molecule has 0 aliphatic heterocycles. The van der Waals surface area contributed by atoms with E-state index in [1.54, 1.807) is 0 Å². The van der Waals surface area contributed by atoms with E-state index in [0.29, 0.717) is 6.04 Å². The summed E-state index contributed by atoms with van der Waals surface area (Å²) in [6.45, 7) is 7.60. The Labute approximate surface area is 133 Å². The summed E-state index contributed by atoms with van der Waals surface area (Å²) in [7, 11) is 0. The lowest BCUT2D eigenvalue weighted by atomic mass is 9.91. The first-order valence-electron chi connectivity index (χ1n) is 7.66. The summed E-state index contributed by atoms with van der Waals surface area (Å²) in [4.78, 5) is 0. The highest BCUT2D eigenvalue weighted by Crippen LogP contribution is 2.27. The van der Waals surface area contributed by atoms with Gasteiger partial charge in [0.15, 0.2) is 0 Å². The van der Waals surface area contributed by atoms with E-state index < -0.39 is 0 Å². The standard InChI is InChI=1S/C19H24ClN/c1-4-12-21-18(13-16-10-5-6-11-17(16)20)19-14(2)8-7-9-15(19)3/h5-11,18,21H,4,12-13H2,1-3H3. The average Bonchev–Trinajstić information content (AvgIpc) is 2.46. The molecule has 0 radical (unpaired) electrons. The van der Waals surface area contributed by atoms with Crippen LogP contribution in [0.1, 0.15) is 41.6 Å². The molecule has 1 atom stereocenters. The van der Waals surface area contributed by atoms with Crippen molar-refractivity contribution in [3.05, 3.63) is 69.7 Å². The summed E-state index contributed by atoms with van der Waals surface area (Å²) in [5.41, 5.74) is 5.30. The number of hydrogen-bond acceptors (Lipinski definition) is 1. The third-order valence-electron chi connectivity index (χ3n) is 3.91. The third-order valence-corrected chi connectivity index (χ3v) is 4.28. The van der Waals surface area contributed by atoms with Crippen LogP contribution in [0.3, 0.4) is 0 Å². The lowest BCUT2D eigenvalue weighted by Gasteiger charge is -2.23. The molecule has 0 saturated heterocycles. The maximum atomic E-state index is 6.34. The van der Waals surface area contributed by atoms with Gasteiger partial charge in [-0.05, 0) is 61.6 Å². The van der Waals surface area contributed by atoms with Crippen molar-refractivity contribution in [3.8, 4) is 0 Å². The smallest absolute Gasteiger partial charge is 0.0438 e. The lowest BCUT2D eigenvalue weighted by Crippen LogP contribution is -2.25. The molecule has 0 amide bonds. The molecule has 0 heterocycles. The van der Waals surface area contributed by atoms with Gasteiger partial charge in [0.2, 0.25) is 0 Å². The van der Waals surface area contributed by atoms with Crippen molar-refractivity contribution in [1.82, 2.24) is 5.32 Å². The number of hydrogen-bond donors (Lipinski definition) is 1. The Balaban J connectivity index is 2.32. The van der Waals surface area contributed by atoms with Gasteiger partial charge in [-0.2, -0.15) is 0 Å². The number of benzene rings is 2. The summed E-state index contributed by atoms with van der Waals surface area (Å²) in [6, 6.07) is 15.0. The van der Waals surface area contributed by atoms with Crippen molar-refractivity contribution in [2.24, 2.45) is 0 Å². The van der Waals surface area contributed by atoms with Crippen molar-refractivity contribution in [3.63, 3.8) is 0 Å². The largest absolute Gasteiger partial charge is 0.310 e. The molecule has 1 nitrogen and oxygen atoms in total. The highest BCUT2D eigenvalue weighted by Gasteiger charge is 2.17. The maximum Gasteiger partial charge on any atom is 0.0438 e. The predicted molar refractivity (Wildman–Crippen MR) is 92.1 cm³/mol. The van der Waals surface area contributed by atoms with Crippen LogP contribution < -0.4 is 5.32 Å². The predicted octanol–water partition coefficient (Wildman–Crippen LogP) is 5.24. The van der Waals surface area contributed by atoms with E-state index in [4.69, 9.17) is 11.6 Å². The minimum atomic E-state index is 0.311. The van der Waals surface area contributed by atoms with Gasteiger partial charge in [-0.15, -0.1) is 0 Å². The molecule has 2 heteroatoms. The molecule has 1 N–H and O–H groups in total. The first-order valence-corrected chi connectivity index (χ1v) is 8.04. The van der Waals surface area contributed by atoms with Crippen LogP contribution in [0, 0.1) is 13.8 Å². The van der Waals surface area contributed by atoms with E-state index in [-0.39, 0.29) is 0 Å². The topological polar surface area (TPSA) is 12.0 Å². The second-order valence-corrected chi connectivity index (χ2v) is 6.01. The molecule has 112 valence electrons. The van der Waals surface area contributed by atoms with E-state index in [2.05, 4.69) is 56.4 Å². The van der Waals surface area contributed by atoms with E-state index in [0.717, 1.165) is 24.4 Å². The van der Waals surface area contributed by atoms with Crippen LogP contribution >= 0.6 is 11.6 Å². The Morgan fingerprint density at radius 2 is 1.67 bits per heavy atom. The fourth-order valence-corrected chi connectivity index (χ4v) is 3.07. The van der Waals surface area contributed by atoms with Gasteiger partial charge in [0, 0.05) is 11.1 Å². The zero-order valence-corrected chi connectivity index (χ0v) is 13.9. The van der Waals surface area contributed by atoms with Gasteiger partial charge in [0.1, 0.15) is 0 Å². The van der Waals surface area contributed by atoms with Crippen LogP contribution in [0.2, 0.25) is 5.02 Å². The number of aryl methyl sites for hydroxylation is 2. The fourth-order valence-electron chi connectivity index (χ4n) is 2.86. The summed E-state index contributed by atoms with van der Waals surface area (Å²) in [5, 5.41) is 4.54. The first kappa shape index (κ1) is 16.1. The maximum absolute atomic E-state index is 6.34. The summed E-state index contributed by atoms with van der Waals surface area (Å²) < 4.78 is 0. The number of halogens is 1. The third kappa shape index (κ3) is 4.09. The molecule has 0 saturated carbocycles. The molecule has 2 rings (SSSR count). The highest BCUT2D eigenvalue weighted by molar-refractivity contribution is 6.31. The van der Waals surface area contributed by atoms with Crippen molar-refractivity contribution in [1.29, 1.82) is 0 Å². The summed E-state index contributed by atoms with van der Waals surface area (Å²) in [6.07, 6.45) is 2.05. The van der Waals surface area contributed by atoms with Gasteiger partial charge in [-0.1, -0.05) is 54.9 Å². The van der Waals surface area contributed by atoms with Gasteiger partial charge < -0.3 is 5.32 Å². The molecule has 2 aromatic rings. The van der Waals surface area contributed by atoms with Gasteiger partial charge in [0.05, 0.1) is 0 Å². The van der Waals surface area contributed by atoms with Crippen molar-refractivity contribution in [2.45, 2.75) is 39.7 Å². The van der Waals surface area contributed by atoms with Gasteiger partial charge in [0.25, 0.3) is 0 Å². The minimum Gasteiger partial charge on any atom is -0.310 e. The minimum absolute atomic E-state index is 0.311. The second kappa shape index (κ2) is 7.63. The SMILES string of the molecule is CCCNC(Cc1ccccc1Cl)c1c(C)cccc1C.